The van der Waals surface area contributed by atoms with Crippen LogP contribution in [0.4, 0.5) is 18.0 Å². The zero-order valence-corrected chi connectivity index (χ0v) is 15.7. The first-order valence-electron chi connectivity index (χ1n) is 8.76. The first kappa shape index (κ1) is 21.0. The van der Waals surface area contributed by atoms with Crippen LogP contribution in [0.2, 0.25) is 0 Å². The number of carbonyl (C=O) groups excluding carboxylic acids is 2. The van der Waals surface area contributed by atoms with Crippen molar-refractivity contribution in [2.24, 2.45) is 0 Å². The molecule has 1 aliphatic rings. The number of alkyl halides is 3. The summed E-state index contributed by atoms with van der Waals surface area (Å²) in [5, 5.41) is 11.3. The Hall–Kier alpha value is -3.74. The van der Waals surface area contributed by atoms with Crippen LogP contribution in [0.25, 0.3) is 0 Å². The average Bonchev–Trinajstić information content (AvgIpc) is 2.91. The molecular weight excluding hydrogens is 403 g/mol. The molecule has 0 aromatic heterocycles. The van der Waals surface area contributed by atoms with Crippen LogP contribution in [-0.2, 0) is 10.3 Å². The number of halogens is 3. The molecule has 1 heterocycles. The summed E-state index contributed by atoms with van der Waals surface area (Å²) >= 11 is 0. The standard InChI is InChI=1S/C20H16F3N3O4/c1-19(14-4-8-16(9-5-14)30-20(21,22)23)17(27)26(18(28)25-19)10-11-29-15-6-2-13(12-24)3-7-15/h2-9H,10-11H2,1H3,(H,25,28). The second kappa shape index (κ2) is 7.94. The molecule has 0 spiro atoms. The zero-order chi connectivity index (χ0) is 21.9. The molecule has 0 radical (unpaired) electrons. The third-order valence-corrected chi connectivity index (χ3v) is 4.51. The predicted octanol–water partition coefficient (Wildman–Crippen LogP) is 3.30. The maximum absolute atomic E-state index is 12.8. The highest BCUT2D eigenvalue weighted by Crippen LogP contribution is 2.31. The van der Waals surface area contributed by atoms with Crippen LogP contribution in [-0.4, -0.2) is 36.4 Å². The van der Waals surface area contributed by atoms with Crippen LogP contribution in [0.15, 0.2) is 48.5 Å². The fourth-order valence-electron chi connectivity index (χ4n) is 2.97. The number of carbonyl (C=O) groups is 2. The Morgan fingerprint density at radius 3 is 2.23 bits per heavy atom. The molecule has 1 unspecified atom stereocenters. The van der Waals surface area contributed by atoms with E-state index in [0.717, 1.165) is 17.0 Å². The predicted molar refractivity (Wildman–Crippen MR) is 97.4 cm³/mol. The Labute approximate surface area is 169 Å². The molecule has 1 saturated heterocycles. The first-order valence-corrected chi connectivity index (χ1v) is 8.76. The number of hydrogen-bond donors (Lipinski definition) is 1. The van der Waals surface area contributed by atoms with E-state index in [0.29, 0.717) is 16.9 Å². The van der Waals surface area contributed by atoms with E-state index >= 15 is 0 Å². The first-order chi connectivity index (χ1) is 14.1. The van der Waals surface area contributed by atoms with Gasteiger partial charge in [-0.1, -0.05) is 12.1 Å². The van der Waals surface area contributed by atoms with E-state index in [2.05, 4.69) is 10.1 Å². The molecule has 7 nitrogen and oxygen atoms in total. The molecule has 2 aromatic rings. The summed E-state index contributed by atoms with van der Waals surface area (Å²) in [7, 11) is 0. The molecule has 0 bridgehead atoms. The highest BCUT2D eigenvalue weighted by molar-refractivity contribution is 6.07. The lowest BCUT2D eigenvalue weighted by atomic mass is 9.92. The van der Waals surface area contributed by atoms with Crippen molar-refractivity contribution in [2.75, 3.05) is 13.2 Å². The van der Waals surface area contributed by atoms with Gasteiger partial charge in [-0.2, -0.15) is 5.26 Å². The van der Waals surface area contributed by atoms with Crippen LogP contribution in [0, 0.1) is 11.3 Å². The van der Waals surface area contributed by atoms with E-state index in [1.54, 1.807) is 24.3 Å². The van der Waals surface area contributed by atoms with Crippen molar-refractivity contribution in [1.82, 2.24) is 10.2 Å². The summed E-state index contributed by atoms with van der Waals surface area (Å²) < 4.78 is 46.2. The number of ether oxygens (including phenoxy) is 2. The van der Waals surface area contributed by atoms with Crippen molar-refractivity contribution in [3.8, 4) is 17.6 Å². The molecule has 0 saturated carbocycles. The van der Waals surface area contributed by atoms with Crippen molar-refractivity contribution in [1.29, 1.82) is 5.26 Å². The van der Waals surface area contributed by atoms with Gasteiger partial charge in [-0.25, -0.2) is 4.79 Å². The Bertz CT molecular complexity index is 984. The largest absolute Gasteiger partial charge is 0.573 e. The van der Waals surface area contributed by atoms with Gasteiger partial charge in [-0.15, -0.1) is 13.2 Å². The topological polar surface area (TPSA) is 91.7 Å². The quantitative estimate of drug-likeness (QED) is 0.726. The highest BCUT2D eigenvalue weighted by Gasteiger charge is 2.48. The summed E-state index contributed by atoms with van der Waals surface area (Å²) in [5.41, 5.74) is -0.646. The van der Waals surface area contributed by atoms with E-state index < -0.39 is 29.6 Å². The van der Waals surface area contributed by atoms with Gasteiger partial charge in [0.2, 0.25) is 0 Å². The van der Waals surface area contributed by atoms with Gasteiger partial charge in [0.15, 0.2) is 0 Å². The van der Waals surface area contributed by atoms with Gasteiger partial charge in [-0.3, -0.25) is 9.69 Å². The lowest BCUT2D eigenvalue weighted by molar-refractivity contribution is -0.274. The Balaban J connectivity index is 1.64. The van der Waals surface area contributed by atoms with Crippen LogP contribution in [0.1, 0.15) is 18.1 Å². The number of urea groups is 1. The van der Waals surface area contributed by atoms with Crippen molar-refractivity contribution < 1.29 is 32.2 Å². The van der Waals surface area contributed by atoms with Crippen molar-refractivity contribution in [2.45, 2.75) is 18.8 Å². The summed E-state index contributed by atoms with van der Waals surface area (Å²) in [4.78, 5) is 26.1. The number of amides is 3. The smallest absolute Gasteiger partial charge is 0.492 e. The fourth-order valence-corrected chi connectivity index (χ4v) is 2.97. The number of imide groups is 1. The average molecular weight is 419 g/mol. The minimum absolute atomic E-state index is 0.0273. The molecule has 1 atom stereocenters. The molecule has 10 heteroatoms. The number of nitrogens with one attached hydrogen (secondary N) is 1. The molecule has 0 aliphatic carbocycles. The van der Waals surface area contributed by atoms with E-state index in [1.807, 2.05) is 6.07 Å². The summed E-state index contributed by atoms with van der Waals surface area (Å²) in [6.45, 7) is 1.46. The lowest BCUT2D eigenvalue weighted by Crippen LogP contribution is -2.41. The maximum Gasteiger partial charge on any atom is 0.573 e. The number of nitriles is 1. The minimum Gasteiger partial charge on any atom is -0.492 e. The lowest BCUT2D eigenvalue weighted by Gasteiger charge is -2.22. The minimum atomic E-state index is -4.82. The van der Waals surface area contributed by atoms with Crippen LogP contribution < -0.4 is 14.8 Å². The maximum atomic E-state index is 12.8. The van der Waals surface area contributed by atoms with Gasteiger partial charge in [0.1, 0.15) is 23.6 Å². The van der Waals surface area contributed by atoms with Gasteiger partial charge in [0.05, 0.1) is 18.2 Å². The molecule has 3 amide bonds. The SMILES string of the molecule is CC1(c2ccc(OC(F)(F)F)cc2)NC(=O)N(CCOc2ccc(C#N)cc2)C1=O. The van der Waals surface area contributed by atoms with Crippen LogP contribution >= 0.6 is 0 Å². The van der Waals surface area contributed by atoms with E-state index in [-0.39, 0.29) is 13.2 Å². The van der Waals surface area contributed by atoms with Crippen molar-refractivity contribution >= 4 is 11.9 Å². The fraction of sp³-hybridized carbons (Fsp3) is 0.250. The van der Waals surface area contributed by atoms with E-state index in [9.17, 15) is 22.8 Å². The van der Waals surface area contributed by atoms with Gasteiger partial charge < -0.3 is 14.8 Å². The summed E-state index contributed by atoms with van der Waals surface area (Å²) in [6.07, 6.45) is -4.82. The number of benzene rings is 2. The monoisotopic (exact) mass is 419 g/mol. The normalized spacial score (nSPS) is 18.7. The Kier molecular flexibility index (Phi) is 5.56. The van der Waals surface area contributed by atoms with Crippen LogP contribution in [0.3, 0.4) is 0 Å². The molecule has 1 fully saturated rings. The van der Waals surface area contributed by atoms with Crippen molar-refractivity contribution in [3.05, 3.63) is 59.7 Å². The van der Waals surface area contributed by atoms with E-state index in [1.165, 1.54) is 19.1 Å². The highest BCUT2D eigenvalue weighted by atomic mass is 19.4. The van der Waals surface area contributed by atoms with Gasteiger partial charge in [0, 0.05) is 0 Å². The molecular formula is C20H16F3N3O4. The molecule has 30 heavy (non-hydrogen) atoms. The second-order valence-electron chi connectivity index (χ2n) is 6.57. The third kappa shape index (κ3) is 4.46. The molecule has 1 N–H and O–H groups in total. The van der Waals surface area contributed by atoms with Gasteiger partial charge in [-0.05, 0) is 48.9 Å². The molecule has 156 valence electrons. The van der Waals surface area contributed by atoms with Crippen LogP contribution in [0.5, 0.6) is 11.5 Å². The molecule has 1 aliphatic heterocycles. The van der Waals surface area contributed by atoms with E-state index in [4.69, 9.17) is 10.00 Å². The van der Waals surface area contributed by atoms with Crippen molar-refractivity contribution in [3.63, 3.8) is 0 Å². The Morgan fingerprint density at radius 2 is 1.67 bits per heavy atom. The van der Waals surface area contributed by atoms with Gasteiger partial charge in [0.25, 0.3) is 5.91 Å². The van der Waals surface area contributed by atoms with Gasteiger partial charge >= 0.3 is 12.4 Å². The number of nitrogens with zero attached hydrogens (tertiary/aromatic N) is 2. The zero-order valence-electron chi connectivity index (χ0n) is 15.7. The molecule has 3 rings (SSSR count). The number of hydrogen-bond acceptors (Lipinski definition) is 5. The second-order valence-corrected chi connectivity index (χ2v) is 6.57. The number of rotatable bonds is 6. The summed E-state index contributed by atoms with van der Waals surface area (Å²) in [5.74, 6) is -0.510. The third-order valence-electron chi connectivity index (χ3n) is 4.51. The molecule has 2 aromatic carbocycles. The summed E-state index contributed by atoms with van der Waals surface area (Å²) in [6, 6.07) is 12.4. The Morgan fingerprint density at radius 1 is 1.07 bits per heavy atom.